The molecule has 4 aliphatic rings. The van der Waals surface area contributed by atoms with Gasteiger partial charge in [0.15, 0.2) is 11.6 Å². The van der Waals surface area contributed by atoms with Crippen molar-refractivity contribution in [2.75, 3.05) is 43.1 Å². The lowest BCUT2D eigenvalue weighted by Gasteiger charge is -2.44. The second-order valence-electron chi connectivity index (χ2n) is 22.8. The third-order valence-electron chi connectivity index (χ3n) is 17.4. The molecule has 0 saturated carbocycles. The summed E-state index contributed by atoms with van der Waals surface area (Å²) in [5.74, 6) is -0.968. The van der Waals surface area contributed by atoms with Gasteiger partial charge in [-0.3, -0.25) is 9.59 Å². The normalized spacial score (nSPS) is 21.0. The van der Waals surface area contributed by atoms with Gasteiger partial charge in [0.25, 0.3) is 0 Å². The van der Waals surface area contributed by atoms with Gasteiger partial charge in [-0.1, -0.05) is 100 Å². The molecule has 18 heteroatoms. The summed E-state index contributed by atoms with van der Waals surface area (Å²) in [7, 11) is 1.27. The Hall–Kier alpha value is -8.02. The molecule has 0 unspecified atom stereocenters. The Morgan fingerprint density at radius 3 is 1.52 bits per heavy atom. The molecule has 4 fully saturated rings. The number of halogens is 2. The van der Waals surface area contributed by atoms with E-state index in [9.17, 15) is 24.3 Å². The molecule has 418 valence electrons. The highest BCUT2D eigenvalue weighted by Gasteiger charge is 2.43. The van der Waals surface area contributed by atoms with E-state index < -0.39 is 35.9 Å². The van der Waals surface area contributed by atoms with Crippen LogP contribution in [0.5, 0.6) is 0 Å². The first kappa shape index (κ1) is 54.0. The number of anilines is 2. The largest absolute Gasteiger partial charge is 0.465 e. The Bertz CT molecular complexity index is 3350. The van der Waals surface area contributed by atoms with E-state index in [4.69, 9.17) is 14.7 Å². The molecule has 2 aromatic heterocycles. The first-order valence-electron chi connectivity index (χ1n) is 28.2. The van der Waals surface area contributed by atoms with Crippen molar-refractivity contribution < 1.29 is 37.8 Å². The number of carbonyl (C=O) groups is 4. The fraction of sp³-hybridized carbons (Fsp3) is 0.419. The topological polar surface area (TPSA) is 192 Å². The van der Waals surface area contributed by atoms with Crippen LogP contribution in [0.3, 0.4) is 0 Å². The Balaban J connectivity index is 0.923. The van der Waals surface area contributed by atoms with Crippen LogP contribution in [-0.2, 0) is 19.7 Å². The number of benzene rings is 5. The van der Waals surface area contributed by atoms with Crippen molar-refractivity contribution in [2.24, 2.45) is 11.8 Å². The Kier molecular flexibility index (Phi) is 15.0. The summed E-state index contributed by atoms with van der Waals surface area (Å²) in [4.78, 5) is 76.5. The fourth-order valence-electron chi connectivity index (χ4n) is 13.3. The predicted octanol–water partition coefficient (Wildman–Crippen LogP) is 11.4. The number of alkyl carbamates (subject to hydrolysis) is 1. The average molecular weight is 1090 g/mol. The number of imidazole rings is 2. The van der Waals surface area contributed by atoms with Crippen LogP contribution in [-0.4, -0.2) is 104 Å². The highest BCUT2D eigenvalue weighted by molar-refractivity contribution is 5.87. The van der Waals surface area contributed by atoms with Gasteiger partial charge >= 0.3 is 12.2 Å². The maximum Gasteiger partial charge on any atom is 0.407 e. The first-order valence-corrected chi connectivity index (χ1v) is 28.2. The number of nitrogens with zero attached hydrogens (tertiary/aromatic N) is 6. The number of fused-ring (bicyclic) bond motifs is 2. The van der Waals surface area contributed by atoms with E-state index in [-0.39, 0.29) is 58.9 Å². The number of nitrogens with one attached hydrogen (secondary N) is 4. The van der Waals surface area contributed by atoms with Crippen LogP contribution in [0.25, 0.3) is 22.1 Å². The quantitative estimate of drug-likeness (QED) is 0.0700. The van der Waals surface area contributed by atoms with Crippen molar-refractivity contribution in [3.05, 3.63) is 155 Å². The minimum atomic E-state index is -1.26. The summed E-state index contributed by atoms with van der Waals surface area (Å²) in [5, 5.41) is 14.7. The lowest BCUT2D eigenvalue weighted by Crippen LogP contribution is -2.51. The smallest absolute Gasteiger partial charge is 0.407 e. The molecule has 4 aliphatic heterocycles. The van der Waals surface area contributed by atoms with Gasteiger partial charge in [0.05, 0.1) is 53.3 Å². The molecule has 11 rings (SSSR count). The average Bonchev–Trinajstić information content (AvgIpc) is 4.38. The number of hydrogen-bond donors (Lipinski definition) is 5. The van der Waals surface area contributed by atoms with E-state index in [1.54, 1.807) is 9.80 Å². The number of rotatable bonds is 14. The van der Waals surface area contributed by atoms with Crippen molar-refractivity contribution in [1.82, 2.24) is 40.4 Å². The molecule has 0 bridgehead atoms. The number of ether oxygens (including phenoxy) is 1. The van der Waals surface area contributed by atoms with Crippen molar-refractivity contribution in [3.8, 4) is 0 Å². The Labute approximate surface area is 464 Å². The van der Waals surface area contributed by atoms with Crippen LogP contribution < -0.4 is 20.4 Å². The Morgan fingerprint density at radius 1 is 0.625 bits per heavy atom. The maximum absolute atomic E-state index is 17.2. The number of H-pyrrole nitrogens is 2. The van der Waals surface area contributed by atoms with Crippen molar-refractivity contribution >= 4 is 57.4 Å². The third-order valence-corrected chi connectivity index (χ3v) is 17.4. The summed E-state index contributed by atoms with van der Waals surface area (Å²) < 4.78 is 39.3. The van der Waals surface area contributed by atoms with Gasteiger partial charge < -0.3 is 50.0 Å². The minimum absolute atomic E-state index is 0.0372. The monoisotopic (exact) mass is 1090 g/mol. The fourth-order valence-corrected chi connectivity index (χ4v) is 13.3. The highest BCUT2D eigenvalue weighted by Crippen LogP contribution is 2.50. The molecule has 6 atom stereocenters. The van der Waals surface area contributed by atoms with Gasteiger partial charge in [0, 0.05) is 37.3 Å². The summed E-state index contributed by atoms with van der Waals surface area (Å²) in [6.45, 7) is 9.27. The van der Waals surface area contributed by atoms with Gasteiger partial charge in [-0.05, 0) is 122 Å². The zero-order chi connectivity index (χ0) is 56.0. The molecule has 5 aromatic carbocycles. The zero-order valence-electron chi connectivity index (χ0n) is 45.9. The number of aromatic nitrogens is 4. The lowest BCUT2D eigenvalue weighted by molar-refractivity contribution is -0.136. The number of amides is 4. The molecule has 4 saturated heterocycles. The SMILES string of the molecule is COC(=O)N[C@H](C(=O)N1CCC[C@H]1c1nc2cc([C@H]3CC[C@H](c4ccc5[nH]c([C@@H]6CCCN6C(=O)[C@@H](NC(=O)O)C(C)C)nc5c4)N3c3cc(F)c(N4CCC(c5ccccc5)(c5ccccc5)CC4)c(F)c3)ccc2[nH]1)C(C)C. The predicted molar refractivity (Wildman–Crippen MR) is 302 cm³/mol. The van der Waals surface area contributed by atoms with E-state index >= 15 is 8.78 Å². The molecule has 6 heterocycles. The van der Waals surface area contributed by atoms with Crippen LogP contribution in [0.4, 0.5) is 29.7 Å². The third kappa shape index (κ3) is 10.2. The van der Waals surface area contributed by atoms with E-state index in [0.717, 1.165) is 35.0 Å². The molecule has 0 aliphatic carbocycles. The van der Waals surface area contributed by atoms with Crippen molar-refractivity contribution in [1.29, 1.82) is 0 Å². The van der Waals surface area contributed by atoms with Gasteiger partial charge in [0.2, 0.25) is 11.8 Å². The maximum atomic E-state index is 17.2. The summed E-state index contributed by atoms with van der Waals surface area (Å²) >= 11 is 0. The number of likely N-dealkylation sites (tertiary alicyclic amines) is 2. The van der Waals surface area contributed by atoms with Crippen LogP contribution in [0.1, 0.15) is 137 Å². The van der Waals surface area contributed by atoms with Gasteiger partial charge in [-0.25, -0.2) is 28.3 Å². The molecular weight excluding hydrogens is 1020 g/mol. The molecule has 0 radical (unpaired) electrons. The first-order chi connectivity index (χ1) is 38.6. The number of carboxylic acid groups (broad SMARTS) is 1. The van der Waals surface area contributed by atoms with E-state index in [1.807, 2.05) is 105 Å². The van der Waals surface area contributed by atoms with E-state index in [1.165, 1.54) is 30.4 Å². The number of piperidine rings is 1. The lowest BCUT2D eigenvalue weighted by atomic mass is 9.68. The minimum Gasteiger partial charge on any atom is -0.465 e. The van der Waals surface area contributed by atoms with Crippen molar-refractivity contribution in [2.45, 2.75) is 121 Å². The standard InChI is InChI=1S/C62H70F2N10O6/c1-36(2)53(69-60(77)78)58(75)72-28-12-18-51(72)56-65-45-22-20-38(32-47(45)67-56)49-24-25-50(39-21-23-46-48(33-39)68-57(66-46)52-19-13-29-73(52)59(76)54(37(3)4)70-61(79)80-5)74(49)42-34-43(63)55(44(64)35-42)71-30-26-62(27-31-71,40-14-8-6-9-15-40)41-16-10-7-11-17-41/h6-11,14-17,20-23,32-37,49-54,69H,12-13,18-19,24-31H2,1-5H3,(H,65,67)(H,66,68)(H,70,79)(H,77,78)/t49-,50-,51+,52+,53+,54+/m1/s1. The van der Waals surface area contributed by atoms with Gasteiger partial charge in [0.1, 0.15) is 29.4 Å². The van der Waals surface area contributed by atoms with Gasteiger partial charge in [-0.15, -0.1) is 0 Å². The van der Waals surface area contributed by atoms with Crippen LogP contribution >= 0.6 is 0 Å². The molecule has 80 heavy (non-hydrogen) atoms. The molecule has 5 N–H and O–H groups in total. The summed E-state index contributed by atoms with van der Waals surface area (Å²) in [6, 6.07) is 32.7. The van der Waals surface area contributed by atoms with Crippen LogP contribution in [0.2, 0.25) is 0 Å². The number of aromatic amines is 2. The summed E-state index contributed by atoms with van der Waals surface area (Å²) in [6.07, 6.45) is 3.55. The number of carbonyl (C=O) groups excluding carboxylic acids is 3. The van der Waals surface area contributed by atoms with Gasteiger partial charge in [-0.2, -0.15) is 0 Å². The molecule has 16 nitrogen and oxygen atoms in total. The van der Waals surface area contributed by atoms with E-state index in [0.29, 0.717) is 93.1 Å². The molecule has 7 aromatic rings. The molecular formula is C62H70F2N10O6. The summed E-state index contributed by atoms with van der Waals surface area (Å²) in [5.41, 5.74) is 7.14. The Morgan fingerprint density at radius 2 is 1.09 bits per heavy atom. The highest BCUT2D eigenvalue weighted by atomic mass is 19.1. The van der Waals surface area contributed by atoms with E-state index in [2.05, 4.69) is 49.8 Å². The second-order valence-corrected chi connectivity index (χ2v) is 22.8. The number of hydrogen-bond acceptors (Lipinski definition) is 9. The van der Waals surface area contributed by atoms with Crippen LogP contribution in [0.15, 0.2) is 109 Å². The van der Waals surface area contributed by atoms with Crippen molar-refractivity contribution in [3.63, 3.8) is 0 Å². The van der Waals surface area contributed by atoms with Crippen LogP contribution in [0, 0.1) is 23.5 Å². The second kappa shape index (κ2) is 22.3. The zero-order valence-corrected chi connectivity index (χ0v) is 45.9. The molecule has 0 spiro atoms. The molecule has 4 amide bonds. The number of methoxy groups -OCH3 is 1.